The van der Waals surface area contributed by atoms with E-state index in [2.05, 4.69) is 0 Å². The summed E-state index contributed by atoms with van der Waals surface area (Å²) in [6.07, 6.45) is 2.29. The molecule has 0 radical (unpaired) electrons. The average molecular weight is 184 g/mol. The molecule has 0 saturated heterocycles. The molecule has 1 rings (SSSR count). The summed E-state index contributed by atoms with van der Waals surface area (Å²) in [4.78, 5) is 11.3. The molecule has 0 N–H and O–H groups in total. The zero-order valence-electron chi connectivity index (χ0n) is 8.37. The first-order valence-electron chi connectivity index (χ1n) is 4.63. The molecule has 3 nitrogen and oxygen atoms in total. The number of hydrogen-bond donors (Lipinski definition) is 0. The maximum atomic E-state index is 11.3. The highest BCUT2D eigenvalue weighted by Crippen LogP contribution is 2.19. The average Bonchev–Trinajstić information content (AvgIpc) is 2.03. The van der Waals surface area contributed by atoms with Crippen LogP contribution in [-0.4, -0.2) is 24.8 Å². The molecule has 13 heavy (non-hydrogen) atoms. The molecule has 0 aromatic rings. The van der Waals surface area contributed by atoms with E-state index in [0.717, 1.165) is 0 Å². The zero-order valence-corrected chi connectivity index (χ0v) is 8.37. The molecular weight excluding hydrogens is 168 g/mol. The molecule has 0 fully saturated rings. The van der Waals surface area contributed by atoms with Gasteiger partial charge in [-0.15, -0.1) is 0 Å². The number of carbonyl (C=O) groups is 1. The summed E-state index contributed by atoms with van der Waals surface area (Å²) < 4.78 is 10.3. The third kappa shape index (κ3) is 2.84. The van der Waals surface area contributed by atoms with Gasteiger partial charge < -0.3 is 9.47 Å². The molecule has 1 aliphatic rings. The van der Waals surface area contributed by atoms with Crippen molar-refractivity contribution in [3.05, 3.63) is 11.6 Å². The van der Waals surface area contributed by atoms with Crippen LogP contribution in [0.2, 0.25) is 0 Å². The van der Waals surface area contributed by atoms with Gasteiger partial charge in [0, 0.05) is 6.42 Å². The number of ether oxygens (including phenoxy) is 2. The van der Waals surface area contributed by atoms with Gasteiger partial charge in [0.25, 0.3) is 0 Å². The van der Waals surface area contributed by atoms with Crippen LogP contribution in [0.25, 0.3) is 0 Å². The fourth-order valence-corrected chi connectivity index (χ4v) is 1.48. The summed E-state index contributed by atoms with van der Waals surface area (Å²) in [6.45, 7) is 6.14. The Hall–Kier alpha value is -0.830. The Kier molecular flexibility index (Phi) is 3.48. The van der Waals surface area contributed by atoms with Crippen molar-refractivity contribution in [3.8, 4) is 0 Å². The monoisotopic (exact) mass is 184 g/mol. The van der Waals surface area contributed by atoms with Crippen molar-refractivity contribution in [2.75, 3.05) is 6.61 Å². The lowest BCUT2D eigenvalue weighted by Crippen LogP contribution is -2.32. The van der Waals surface area contributed by atoms with E-state index in [9.17, 15) is 4.79 Å². The molecule has 0 aromatic heterocycles. The summed E-state index contributed by atoms with van der Waals surface area (Å²) in [5, 5.41) is 0. The van der Waals surface area contributed by atoms with Crippen molar-refractivity contribution in [1.82, 2.24) is 0 Å². The zero-order chi connectivity index (χ0) is 9.84. The molecule has 1 heterocycles. The van der Waals surface area contributed by atoms with E-state index in [-0.39, 0.29) is 12.1 Å². The second-order valence-electron chi connectivity index (χ2n) is 3.30. The van der Waals surface area contributed by atoms with Gasteiger partial charge >= 0.3 is 5.97 Å². The standard InChI is InChI=1S/C10H16O3/c1-4-12-10(11)9-6-7(2)5-8(3)13-9/h5,8-9H,4,6H2,1-3H3/t8-,9+/m0/s1. The molecule has 74 valence electrons. The summed E-state index contributed by atoms with van der Waals surface area (Å²) in [5.74, 6) is -0.248. The van der Waals surface area contributed by atoms with Gasteiger partial charge in [0.15, 0.2) is 6.10 Å². The van der Waals surface area contributed by atoms with Crippen LogP contribution in [-0.2, 0) is 14.3 Å². The third-order valence-electron chi connectivity index (χ3n) is 1.96. The Morgan fingerprint density at radius 2 is 2.46 bits per heavy atom. The summed E-state index contributed by atoms with van der Waals surface area (Å²) in [6, 6.07) is 0. The van der Waals surface area contributed by atoms with E-state index in [1.165, 1.54) is 5.57 Å². The number of esters is 1. The molecule has 0 aliphatic carbocycles. The number of rotatable bonds is 2. The minimum absolute atomic E-state index is 0.0168. The van der Waals surface area contributed by atoms with Crippen LogP contribution < -0.4 is 0 Å². The Morgan fingerprint density at radius 1 is 1.77 bits per heavy atom. The Balaban J connectivity index is 2.54. The smallest absolute Gasteiger partial charge is 0.335 e. The summed E-state index contributed by atoms with van der Waals surface area (Å²) in [7, 11) is 0. The van der Waals surface area contributed by atoms with Gasteiger partial charge in [-0.3, -0.25) is 0 Å². The highest BCUT2D eigenvalue weighted by Gasteiger charge is 2.25. The van der Waals surface area contributed by atoms with Crippen LogP contribution in [0, 0.1) is 0 Å². The molecule has 0 spiro atoms. The lowest BCUT2D eigenvalue weighted by atomic mass is 10.0. The first-order valence-corrected chi connectivity index (χ1v) is 4.63. The summed E-state index contributed by atoms with van der Waals surface area (Å²) in [5.41, 5.74) is 1.19. The van der Waals surface area contributed by atoms with Crippen LogP contribution in [0.15, 0.2) is 11.6 Å². The fraction of sp³-hybridized carbons (Fsp3) is 0.700. The molecule has 0 bridgehead atoms. The van der Waals surface area contributed by atoms with Crippen molar-refractivity contribution in [1.29, 1.82) is 0 Å². The third-order valence-corrected chi connectivity index (χ3v) is 1.96. The highest BCUT2D eigenvalue weighted by atomic mass is 16.6. The second-order valence-corrected chi connectivity index (χ2v) is 3.30. The first-order chi connectivity index (χ1) is 6.13. The number of carbonyl (C=O) groups excluding carboxylic acids is 1. The van der Waals surface area contributed by atoms with Crippen molar-refractivity contribution in [2.24, 2.45) is 0 Å². The molecule has 3 heteroatoms. The van der Waals surface area contributed by atoms with E-state index < -0.39 is 6.10 Å². The van der Waals surface area contributed by atoms with Gasteiger partial charge in [-0.25, -0.2) is 4.79 Å². The first kappa shape index (κ1) is 10.3. The lowest BCUT2D eigenvalue weighted by Gasteiger charge is -2.24. The second kappa shape index (κ2) is 4.42. The van der Waals surface area contributed by atoms with Gasteiger partial charge in [-0.05, 0) is 20.8 Å². The predicted molar refractivity (Wildman–Crippen MR) is 49.3 cm³/mol. The molecule has 1 aliphatic heterocycles. The Morgan fingerprint density at radius 3 is 3.00 bits per heavy atom. The minimum atomic E-state index is -0.403. The molecule has 2 atom stereocenters. The van der Waals surface area contributed by atoms with Crippen molar-refractivity contribution in [2.45, 2.75) is 39.4 Å². The van der Waals surface area contributed by atoms with E-state index in [0.29, 0.717) is 13.0 Å². The predicted octanol–water partition coefficient (Wildman–Crippen LogP) is 1.67. The molecule has 0 aromatic carbocycles. The van der Waals surface area contributed by atoms with Crippen LogP contribution in [0.5, 0.6) is 0 Å². The van der Waals surface area contributed by atoms with E-state index in [1.807, 2.05) is 19.9 Å². The van der Waals surface area contributed by atoms with Crippen molar-refractivity contribution < 1.29 is 14.3 Å². The van der Waals surface area contributed by atoms with Crippen LogP contribution in [0.3, 0.4) is 0 Å². The van der Waals surface area contributed by atoms with Crippen LogP contribution in [0.1, 0.15) is 27.2 Å². The van der Waals surface area contributed by atoms with Gasteiger partial charge in [-0.2, -0.15) is 0 Å². The molecule has 0 unspecified atom stereocenters. The van der Waals surface area contributed by atoms with Gasteiger partial charge in [0.2, 0.25) is 0 Å². The normalized spacial score (nSPS) is 28.1. The largest absolute Gasteiger partial charge is 0.464 e. The number of hydrogen-bond acceptors (Lipinski definition) is 3. The van der Waals surface area contributed by atoms with E-state index in [1.54, 1.807) is 6.92 Å². The van der Waals surface area contributed by atoms with Gasteiger partial charge in [0.05, 0.1) is 12.7 Å². The van der Waals surface area contributed by atoms with E-state index in [4.69, 9.17) is 9.47 Å². The maximum absolute atomic E-state index is 11.3. The van der Waals surface area contributed by atoms with Crippen molar-refractivity contribution >= 4 is 5.97 Å². The Bertz CT molecular complexity index is 220. The molecular formula is C10H16O3. The van der Waals surface area contributed by atoms with Crippen LogP contribution in [0.4, 0.5) is 0 Å². The molecule has 0 amide bonds. The van der Waals surface area contributed by atoms with E-state index >= 15 is 0 Å². The lowest BCUT2D eigenvalue weighted by molar-refractivity contribution is -0.159. The quantitative estimate of drug-likeness (QED) is 0.483. The SMILES string of the molecule is CCOC(=O)[C@H]1CC(C)=C[C@H](C)O1. The molecule has 0 saturated carbocycles. The van der Waals surface area contributed by atoms with Crippen molar-refractivity contribution in [3.63, 3.8) is 0 Å². The van der Waals surface area contributed by atoms with Crippen LogP contribution >= 0.6 is 0 Å². The minimum Gasteiger partial charge on any atom is -0.464 e. The van der Waals surface area contributed by atoms with Gasteiger partial charge in [0.1, 0.15) is 0 Å². The highest BCUT2D eigenvalue weighted by molar-refractivity contribution is 5.75. The Labute approximate surface area is 78.7 Å². The maximum Gasteiger partial charge on any atom is 0.335 e. The topological polar surface area (TPSA) is 35.5 Å². The summed E-state index contributed by atoms with van der Waals surface area (Å²) >= 11 is 0. The van der Waals surface area contributed by atoms with Gasteiger partial charge in [-0.1, -0.05) is 11.6 Å². The fourth-order valence-electron chi connectivity index (χ4n) is 1.48.